The summed E-state index contributed by atoms with van der Waals surface area (Å²) in [5, 5.41) is 0. The fourth-order valence-corrected chi connectivity index (χ4v) is 3.10. The summed E-state index contributed by atoms with van der Waals surface area (Å²) in [5.74, 6) is 0.866. The normalized spacial score (nSPS) is 28.6. The Morgan fingerprint density at radius 1 is 1.35 bits per heavy atom. The fourth-order valence-electron chi connectivity index (χ4n) is 3.10. The summed E-state index contributed by atoms with van der Waals surface area (Å²) in [6.07, 6.45) is 4.75. The Balaban J connectivity index is 1.70. The first-order chi connectivity index (χ1) is 9.70. The number of carbonyl (C=O) groups is 1. The van der Waals surface area contributed by atoms with Gasteiger partial charge in [0, 0.05) is 32.3 Å². The maximum atomic E-state index is 12.3. The quantitative estimate of drug-likeness (QED) is 0.823. The Bertz CT molecular complexity index is 305. The van der Waals surface area contributed by atoms with Crippen molar-refractivity contribution in [2.75, 3.05) is 32.9 Å². The van der Waals surface area contributed by atoms with E-state index in [2.05, 4.69) is 6.92 Å². The third kappa shape index (κ3) is 4.43. The molecule has 0 aliphatic carbocycles. The van der Waals surface area contributed by atoms with Crippen LogP contribution >= 0.6 is 0 Å². The molecule has 0 aromatic rings. The van der Waals surface area contributed by atoms with Gasteiger partial charge in [0.2, 0.25) is 5.91 Å². The second-order valence-corrected chi connectivity index (χ2v) is 6.04. The molecule has 5 nitrogen and oxygen atoms in total. The molecular weight excluding hydrogens is 256 g/mol. The Kier molecular flexibility index (Phi) is 6.26. The van der Waals surface area contributed by atoms with Gasteiger partial charge in [-0.2, -0.15) is 0 Å². The van der Waals surface area contributed by atoms with Gasteiger partial charge in [-0.15, -0.1) is 0 Å². The van der Waals surface area contributed by atoms with Crippen molar-refractivity contribution in [3.8, 4) is 0 Å². The van der Waals surface area contributed by atoms with Gasteiger partial charge >= 0.3 is 0 Å². The summed E-state index contributed by atoms with van der Waals surface area (Å²) in [4.78, 5) is 14.2. The number of hydrogen-bond donors (Lipinski definition) is 1. The van der Waals surface area contributed by atoms with Gasteiger partial charge in [-0.1, -0.05) is 6.92 Å². The van der Waals surface area contributed by atoms with Gasteiger partial charge in [-0.3, -0.25) is 4.79 Å². The van der Waals surface area contributed by atoms with E-state index < -0.39 is 0 Å². The summed E-state index contributed by atoms with van der Waals surface area (Å²) >= 11 is 0. The lowest BCUT2D eigenvalue weighted by atomic mass is 9.92. The SMILES string of the molecule is CC1CCN(C(=O)CCOC2CCOCC2)C(CN)C1. The summed E-state index contributed by atoms with van der Waals surface area (Å²) < 4.78 is 11.1. The van der Waals surface area contributed by atoms with Crippen molar-refractivity contribution in [2.45, 2.75) is 51.2 Å². The molecule has 2 N–H and O–H groups in total. The summed E-state index contributed by atoms with van der Waals surface area (Å²) in [6.45, 7) is 5.72. The number of amides is 1. The first-order valence-corrected chi connectivity index (χ1v) is 7.89. The highest BCUT2D eigenvalue weighted by molar-refractivity contribution is 5.76. The summed E-state index contributed by atoms with van der Waals surface area (Å²) in [6, 6.07) is 0.217. The number of carbonyl (C=O) groups excluding carboxylic acids is 1. The standard InChI is InChI=1S/C15H28N2O3/c1-12-2-6-17(13(10-12)11-16)15(18)5-9-20-14-3-7-19-8-4-14/h12-14H,2-11,16H2,1H3. The monoisotopic (exact) mass is 284 g/mol. The Morgan fingerprint density at radius 3 is 2.80 bits per heavy atom. The lowest BCUT2D eigenvalue weighted by Gasteiger charge is -2.38. The van der Waals surface area contributed by atoms with E-state index in [0.717, 1.165) is 45.4 Å². The van der Waals surface area contributed by atoms with E-state index in [1.54, 1.807) is 0 Å². The van der Waals surface area contributed by atoms with Crippen LogP contribution in [0.5, 0.6) is 0 Å². The van der Waals surface area contributed by atoms with Crippen molar-refractivity contribution in [1.82, 2.24) is 4.90 Å². The number of likely N-dealkylation sites (tertiary alicyclic amines) is 1. The van der Waals surface area contributed by atoms with Crippen molar-refractivity contribution < 1.29 is 14.3 Å². The molecule has 2 unspecified atom stereocenters. The molecule has 2 heterocycles. The molecular formula is C15H28N2O3. The van der Waals surface area contributed by atoms with Gasteiger partial charge in [-0.25, -0.2) is 0 Å². The largest absolute Gasteiger partial charge is 0.381 e. The Labute approximate surface area is 121 Å². The highest BCUT2D eigenvalue weighted by Crippen LogP contribution is 2.22. The van der Waals surface area contributed by atoms with E-state index in [0.29, 0.717) is 25.5 Å². The lowest BCUT2D eigenvalue weighted by Crippen LogP contribution is -2.49. The number of nitrogens with two attached hydrogens (primary N) is 1. The summed E-state index contributed by atoms with van der Waals surface area (Å²) in [5.41, 5.74) is 5.80. The molecule has 0 radical (unpaired) electrons. The topological polar surface area (TPSA) is 64.8 Å². The number of piperidine rings is 1. The molecule has 2 saturated heterocycles. The van der Waals surface area contributed by atoms with Crippen LogP contribution in [0.1, 0.15) is 39.0 Å². The number of ether oxygens (including phenoxy) is 2. The minimum absolute atomic E-state index is 0.194. The molecule has 20 heavy (non-hydrogen) atoms. The molecule has 2 fully saturated rings. The van der Waals surface area contributed by atoms with Crippen LogP contribution < -0.4 is 5.73 Å². The zero-order valence-electron chi connectivity index (χ0n) is 12.6. The smallest absolute Gasteiger partial charge is 0.225 e. The fraction of sp³-hybridized carbons (Fsp3) is 0.933. The molecule has 2 rings (SSSR count). The van der Waals surface area contributed by atoms with Crippen LogP contribution in [0.2, 0.25) is 0 Å². The Morgan fingerprint density at radius 2 is 2.10 bits per heavy atom. The third-order valence-corrected chi connectivity index (χ3v) is 4.41. The predicted molar refractivity (Wildman–Crippen MR) is 77.4 cm³/mol. The van der Waals surface area contributed by atoms with Crippen LogP contribution in [-0.4, -0.2) is 55.9 Å². The second kappa shape index (κ2) is 7.96. The van der Waals surface area contributed by atoms with Crippen molar-refractivity contribution in [2.24, 2.45) is 11.7 Å². The van der Waals surface area contributed by atoms with Crippen LogP contribution in [0.4, 0.5) is 0 Å². The Hall–Kier alpha value is -0.650. The van der Waals surface area contributed by atoms with E-state index in [9.17, 15) is 4.79 Å². The number of nitrogens with zero attached hydrogens (tertiary/aromatic N) is 1. The average molecular weight is 284 g/mol. The molecule has 116 valence electrons. The molecule has 0 aromatic heterocycles. The van der Waals surface area contributed by atoms with Crippen LogP contribution in [0.3, 0.4) is 0 Å². The number of rotatable bonds is 5. The highest BCUT2D eigenvalue weighted by atomic mass is 16.5. The highest BCUT2D eigenvalue weighted by Gasteiger charge is 2.28. The van der Waals surface area contributed by atoms with Gasteiger partial charge in [0.1, 0.15) is 0 Å². The molecule has 0 spiro atoms. The maximum Gasteiger partial charge on any atom is 0.225 e. The molecule has 0 aromatic carbocycles. The minimum atomic E-state index is 0.194. The van der Waals surface area contributed by atoms with Gasteiger partial charge in [0.15, 0.2) is 0 Å². The number of hydrogen-bond acceptors (Lipinski definition) is 4. The molecule has 2 atom stereocenters. The lowest BCUT2D eigenvalue weighted by molar-refractivity contribution is -0.137. The molecule has 0 saturated carbocycles. The molecule has 5 heteroatoms. The van der Waals surface area contributed by atoms with Crippen molar-refractivity contribution >= 4 is 5.91 Å². The second-order valence-electron chi connectivity index (χ2n) is 6.04. The first kappa shape index (κ1) is 15.7. The van der Waals surface area contributed by atoms with Crippen LogP contribution in [0.25, 0.3) is 0 Å². The van der Waals surface area contributed by atoms with E-state index in [-0.39, 0.29) is 18.1 Å². The summed E-state index contributed by atoms with van der Waals surface area (Å²) in [7, 11) is 0. The van der Waals surface area contributed by atoms with E-state index in [1.807, 2.05) is 4.90 Å². The van der Waals surface area contributed by atoms with E-state index >= 15 is 0 Å². The molecule has 2 aliphatic heterocycles. The van der Waals surface area contributed by atoms with Crippen LogP contribution in [-0.2, 0) is 14.3 Å². The van der Waals surface area contributed by atoms with E-state index in [1.165, 1.54) is 0 Å². The first-order valence-electron chi connectivity index (χ1n) is 7.89. The van der Waals surface area contributed by atoms with Crippen molar-refractivity contribution in [3.63, 3.8) is 0 Å². The molecule has 2 aliphatic rings. The third-order valence-electron chi connectivity index (χ3n) is 4.41. The van der Waals surface area contributed by atoms with E-state index in [4.69, 9.17) is 15.2 Å². The van der Waals surface area contributed by atoms with Gasteiger partial charge in [-0.05, 0) is 31.6 Å². The van der Waals surface area contributed by atoms with Gasteiger partial charge in [0.05, 0.1) is 19.1 Å². The van der Waals surface area contributed by atoms with Gasteiger partial charge < -0.3 is 20.1 Å². The van der Waals surface area contributed by atoms with Crippen molar-refractivity contribution in [1.29, 1.82) is 0 Å². The van der Waals surface area contributed by atoms with Crippen LogP contribution in [0, 0.1) is 5.92 Å². The maximum absolute atomic E-state index is 12.3. The van der Waals surface area contributed by atoms with Crippen molar-refractivity contribution in [3.05, 3.63) is 0 Å². The predicted octanol–water partition coefficient (Wildman–Crippen LogP) is 1.16. The molecule has 0 bridgehead atoms. The van der Waals surface area contributed by atoms with Gasteiger partial charge in [0.25, 0.3) is 0 Å². The minimum Gasteiger partial charge on any atom is -0.381 e. The molecule has 1 amide bonds. The zero-order valence-corrected chi connectivity index (χ0v) is 12.6. The zero-order chi connectivity index (χ0) is 14.4. The van der Waals surface area contributed by atoms with Crippen LogP contribution in [0.15, 0.2) is 0 Å². The average Bonchev–Trinajstić information content (AvgIpc) is 2.48.